The van der Waals surface area contributed by atoms with Crippen molar-refractivity contribution >= 4 is 22.8 Å². The third kappa shape index (κ3) is 2.47. The second-order valence-electron chi connectivity index (χ2n) is 4.44. The molecule has 6 heteroatoms. The highest BCUT2D eigenvalue weighted by atomic mass is 16.5. The molecule has 0 atom stereocenters. The number of nitrogens with zero attached hydrogens (tertiary/aromatic N) is 1. The average molecular weight is 263 g/mol. The van der Waals surface area contributed by atoms with Crippen LogP contribution in [0.15, 0.2) is 23.0 Å². The van der Waals surface area contributed by atoms with Gasteiger partial charge in [-0.1, -0.05) is 6.07 Å². The van der Waals surface area contributed by atoms with Gasteiger partial charge in [-0.05, 0) is 32.9 Å². The maximum Gasteiger partial charge on any atom is 0.411 e. The van der Waals surface area contributed by atoms with Gasteiger partial charge in [0.05, 0.1) is 23.3 Å². The lowest BCUT2D eigenvalue weighted by Gasteiger charge is -2.08. The Morgan fingerprint density at radius 1 is 1.47 bits per heavy atom. The van der Waals surface area contributed by atoms with E-state index in [9.17, 15) is 9.59 Å². The van der Waals surface area contributed by atoms with Crippen molar-refractivity contribution in [2.24, 2.45) is 0 Å². The van der Waals surface area contributed by atoms with Crippen molar-refractivity contribution in [1.29, 1.82) is 0 Å². The zero-order valence-electron chi connectivity index (χ0n) is 11.2. The molecule has 0 aliphatic heterocycles. The maximum atomic E-state index is 11.9. The van der Waals surface area contributed by atoms with Crippen LogP contribution in [0.4, 0.5) is 10.5 Å². The highest BCUT2D eigenvalue weighted by Crippen LogP contribution is 2.22. The molecule has 19 heavy (non-hydrogen) atoms. The first-order chi connectivity index (χ1) is 9.04. The Morgan fingerprint density at radius 2 is 2.21 bits per heavy atom. The third-order valence-corrected chi connectivity index (χ3v) is 2.78. The number of anilines is 1. The minimum atomic E-state index is -0.534. The second-order valence-corrected chi connectivity index (χ2v) is 4.44. The zero-order valence-corrected chi connectivity index (χ0v) is 11.2. The van der Waals surface area contributed by atoms with Crippen LogP contribution in [-0.4, -0.2) is 22.3 Å². The molecule has 1 aromatic carbocycles. The minimum Gasteiger partial charge on any atom is -0.450 e. The topological polar surface area (TPSA) is 76.1 Å². The van der Waals surface area contributed by atoms with Gasteiger partial charge in [-0.3, -0.25) is 9.88 Å². The number of H-pyrrole nitrogens is 1. The maximum absolute atomic E-state index is 11.9. The van der Waals surface area contributed by atoms with Gasteiger partial charge in [-0.2, -0.15) is 0 Å². The summed E-state index contributed by atoms with van der Waals surface area (Å²) in [5.41, 5.74) is 1.71. The summed E-state index contributed by atoms with van der Waals surface area (Å²) in [4.78, 5) is 26.1. The van der Waals surface area contributed by atoms with Crippen LogP contribution >= 0.6 is 0 Å². The molecule has 0 saturated heterocycles. The molecule has 1 heterocycles. The molecule has 6 nitrogen and oxygen atoms in total. The summed E-state index contributed by atoms with van der Waals surface area (Å²) >= 11 is 0. The van der Waals surface area contributed by atoms with Gasteiger partial charge < -0.3 is 9.72 Å². The van der Waals surface area contributed by atoms with Gasteiger partial charge in [0.15, 0.2) is 0 Å². The lowest BCUT2D eigenvalue weighted by Crippen LogP contribution is -2.18. The molecule has 2 aromatic rings. The minimum absolute atomic E-state index is 0.0408. The molecular formula is C13H17N3O3. The summed E-state index contributed by atoms with van der Waals surface area (Å²) in [5.74, 6) is 0. The third-order valence-electron chi connectivity index (χ3n) is 2.78. The van der Waals surface area contributed by atoms with E-state index >= 15 is 0 Å². The van der Waals surface area contributed by atoms with Crippen molar-refractivity contribution in [3.05, 3.63) is 28.7 Å². The Balaban J connectivity index is 2.50. The zero-order chi connectivity index (χ0) is 14.0. The van der Waals surface area contributed by atoms with Crippen LogP contribution in [0, 0.1) is 0 Å². The van der Waals surface area contributed by atoms with E-state index in [1.165, 1.54) is 0 Å². The number of amides is 1. The molecule has 1 amide bonds. The van der Waals surface area contributed by atoms with Gasteiger partial charge in [0, 0.05) is 6.04 Å². The number of aromatic amines is 1. The molecule has 0 spiro atoms. The molecule has 0 fully saturated rings. The number of imidazole rings is 1. The van der Waals surface area contributed by atoms with E-state index in [0.717, 1.165) is 5.52 Å². The number of carbonyl (C=O) groups excluding carboxylic acids is 1. The van der Waals surface area contributed by atoms with E-state index in [-0.39, 0.29) is 11.7 Å². The predicted molar refractivity (Wildman–Crippen MR) is 73.6 cm³/mol. The lowest BCUT2D eigenvalue weighted by molar-refractivity contribution is 0.168. The predicted octanol–water partition coefficient (Wildman–Crippen LogP) is 2.48. The molecule has 0 aliphatic rings. The Hall–Kier alpha value is -2.24. The molecule has 0 unspecified atom stereocenters. The first-order valence-corrected chi connectivity index (χ1v) is 6.21. The number of ether oxygens (including phenoxy) is 1. The molecule has 2 rings (SSSR count). The molecule has 102 valence electrons. The highest BCUT2D eigenvalue weighted by molar-refractivity contribution is 5.96. The van der Waals surface area contributed by atoms with E-state index in [2.05, 4.69) is 10.3 Å². The number of rotatable bonds is 3. The largest absolute Gasteiger partial charge is 0.450 e. The van der Waals surface area contributed by atoms with Crippen LogP contribution in [0.3, 0.4) is 0 Å². The quantitative estimate of drug-likeness (QED) is 0.893. The Labute approximate surface area is 110 Å². The van der Waals surface area contributed by atoms with Gasteiger partial charge in [-0.25, -0.2) is 9.59 Å². The van der Waals surface area contributed by atoms with Gasteiger partial charge in [0.2, 0.25) is 0 Å². The van der Waals surface area contributed by atoms with Crippen LogP contribution in [0.5, 0.6) is 0 Å². The van der Waals surface area contributed by atoms with Crippen LogP contribution in [0.1, 0.15) is 26.8 Å². The summed E-state index contributed by atoms with van der Waals surface area (Å²) in [6.45, 7) is 5.89. The van der Waals surface area contributed by atoms with Crippen molar-refractivity contribution in [2.45, 2.75) is 26.8 Å². The number of para-hydroxylation sites is 1. The summed E-state index contributed by atoms with van der Waals surface area (Å²) < 4.78 is 6.47. The van der Waals surface area contributed by atoms with E-state index in [4.69, 9.17) is 4.74 Å². The van der Waals surface area contributed by atoms with Crippen LogP contribution in [-0.2, 0) is 4.74 Å². The highest BCUT2D eigenvalue weighted by Gasteiger charge is 2.13. The van der Waals surface area contributed by atoms with Crippen molar-refractivity contribution in [3.63, 3.8) is 0 Å². The molecular weight excluding hydrogens is 246 g/mol. The Bertz CT molecular complexity index is 655. The van der Waals surface area contributed by atoms with Crippen LogP contribution in [0.25, 0.3) is 11.0 Å². The normalized spacial score (nSPS) is 10.9. The van der Waals surface area contributed by atoms with Gasteiger partial charge >= 0.3 is 11.8 Å². The number of aromatic nitrogens is 2. The Kier molecular flexibility index (Phi) is 3.59. The SMILES string of the molecule is CCOC(=O)Nc1cccc2c1[nH]c(=O)n2C(C)C. The van der Waals surface area contributed by atoms with Crippen LogP contribution in [0.2, 0.25) is 0 Å². The molecule has 0 bridgehead atoms. The number of hydrogen-bond acceptors (Lipinski definition) is 3. The molecule has 0 saturated carbocycles. The van der Waals surface area contributed by atoms with Gasteiger partial charge in [0.1, 0.15) is 0 Å². The van der Waals surface area contributed by atoms with Crippen LogP contribution < -0.4 is 11.0 Å². The van der Waals surface area contributed by atoms with E-state index < -0.39 is 6.09 Å². The smallest absolute Gasteiger partial charge is 0.411 e. The van der Waals surface area contributed by atoms with Gasteiger partial charge in [-0.15, -0.1) is 0 Å². The summed E-state index contributed by atoms with van der Waals surface area (Å²) in [7, 11) is 0. The number of carbonyl (C=O) groups is 1. The summed E-state index contributed by atoms with van der Waals surface area (Å²) in [6, 6.07) is 5.39. The number of fused-ring (bicyclic) bond motifs is 1. The van der Waals surface area contributed by atoms with E-state index in [1.54, 1.807) is 23.6 Å². The number of hydrogen-bond donors (Lipinski definition) is 2. The fraction of sp³-hybridized carbons (Fsp3) is 0.385. The van der Waals surface area contributed by atoms with E-state index in [1.807, 2.05) is 19.9 Å². The van der Waals surface area contributed by atoms with Gasteiger partial charge in [0.25, 0.3) is 0 Å². The molecule has 0 radical (unpaired) electrons. The summed E-state index contributed by atoms with van der Waals surface area (Å²) in [5, 5.41) is 2.62. The van der Waals surface area contributed by atoms with Crippen molar-refractivity contribution < 1.29 is 9.53 Å². The van der Waals surface area contributed by atoms with Crippen molar-refractivity contribution in [2.75, 3.05) is 11.9 Å². The molecule has 1 aromatic heterocycles. The van der Waals surface area contributed by atoms with E-state index in [0.29, 0.717) is 17.8 Å². The molecule has 0 aliphatic carbocycles. The monoisotopic (exact) mass is 263 g/mol. The number of benzene rings is 1. The molecule has 2 N–H and O–H groups in total. The fourth-order valence-corrected chi connectivity index (χ4v) is 2.04. The van der Waals surface area contributed by atoms with Crippen molar-refractivity contribution in [3.8, 4) is 0 Å². The Morgan fingerprint density at radius 3 is 2.84 bits per heavy atom. The average Bonchev–Trinajstić information content (AvgIpc) is 2.66. The first kappa shape index (κ1) is 13.2. The number of nitrogens with one attached hydrogen (secondary N) is 2. The summed E-state index contributed by atoms with van der Waals surface area (Å²) in [6.07, 6.45) is -0.534. The van der Waals surface area contributed by atoms with Crippen molar-refractivity contribution in [1.82, 2.24) is 9.55 Å². The second kappa shape index (κ2) is 5.17. The first-order valence-electron chi connectivity index (χ1n) is 6.21. The fourth-order valence-electron chi connectivity index (χ4n) is 2.04. The standard InChI is InChI=1S/C13H17N3O3/c1-4-19-13(18)14-9-6-5-7-10-11(9)15-12(17)16(10)8(2)3/h5-8H,4H2,1-3H3,(H,14,18)(H,15,17). The lowest BCUT2D eigenvalue weighted by atomic mass is 10.2.